The van der Waals surface area contributed by atoms with Gasteiger partial charge in [-0.2, -0.15) is 0 Å². The summed E-state index contributed by atoms with van der Waals surface area (Å²) in [6.07, 6.45) is 2.38. The first kappa shape index (κ1) is 18.5. The number of hydrogen-bond acceptors (Lipinski definition) is 0. The number of unbranched alkanes of at least 4 members (excludes halogenated alkanes) is 2. The van der Waals surface area contributed by atoms with Crippen molar-refractivity contribution in [2.24, 2.45) is 0 Å². The van der Waals surface area contributed by atoms with E-state index in [1.165, 1.54) is 6.08 Å². The molecule has 0 heterocycles. The van der Waals surface area contributed by atoms with Crippen LogP contribution in [-0.4, -0.2) is 11.8 Å². The monoisotopic (exact) mass is 356 g/mol. The fourth-order valence-corrected chi connectivity index (χ4v) is 3.46. The van der Waals surface area contributed by atoms with Crippen molar-refractivity contribution in [3.8, 4) is 11.1 Å². The third-order valence-corrected chi connectivity index (χ3v) is 4.95. The van der Waals surface area contributed by atoms with E-state index in [0.717, 1.165) is 30.0 Å². The van der Waals surface area contributed by atoms with Gasteiger partial charge < -0.3 is 0 Å². The summed E-state index contributed by atoms with van der Waals surface area (Å²) in [6, 6.07) is 16.9. The topological polar surface area (TPSA) is 0 Å². The minimum absolute atomic E-state index is 0.144. The molecule has 0 N–H and O–H groups in total. The number of rotatable bonds is 6. The first-order chi connectivity index (χ1) is 12.6. The number of hydrogen-bond donors (Lipinski definition) is 0. The average molecular weight is 356 g/mol. The van der Waals surface area contributed by atoms with E-state index in [1.54, 1.807) is 12.1 Å². The molecular weight excluding hydrogens is 333 g/mol. The van der Waals surface area contributed by atoms with Crippen LogP contribution in [0.25, 0.3) is 16.7 Å². The SMILES string of the molecule is CCCCCC1(F)C(F)=CC=C(c2ccccc2-c2ccccc2)C1F. The molecule has 0 saturated carbocycles. The Kier molecular flexibility index (Phi) is 5.65. The third kappa shape index (κ3) is 3.48. The molecule has 1 aliphatic rings. The van der Waals surface area contributed by atoms with Crippen LogP contribution in [0.4, 0.5) is 13.2 Å². The summed E-state index contributed by atoms with van der Waals surface area (Å²) in [4.78, 5) is 0. The molecule has 2 aromatic carbocycles. The minimum Gasteiger partial charge on any atom is -0.238 e. The van der Waals surface area contributed by atoms with Gasteiger partial charge in [-0.1, -0.05) is 80.4 Å². The van der Waals surface area contributed by atoms with Crippen LogP contribution in [0.2, 0.25) is 0 Å². The number of benzene rings is 2. The Morgan fingerprint density at radius 3 is 2.23 bits per heavy atom. The second-order valence-electron chi connectivity index (χ2n) is 6.73. The number of halogens is 3. The Labute approximate surface area is 153 Å². The minimum atomic E-state index is -2.58. The van der Waals surface area contributed by atoms with Crippen LogP contribution in [0, 0.1) is 0 Å². The Balaban J connectivity index is 2.00. The molecule has 1 aliphatic carbocycles. The molecule has 0 radical (unpaired) electrons. The fourth-order valence-electron chi connectivity index (χ4n) is 3.46. The maximum atomic E-state index is 15.3. The predicted molar refractivity (Wildman–Crippen MR) is 102 cm³/mol. The molecule has 2 unspecified atom stereocenters. The predicted octanol–water partition coefficient (Wildman–Crippen LogP) is 7.23. The second-order valence-corrected chi connectivity index (χ2v) is 6.73. The summed E-state index contributed by atoms with van der Waals surface area (Å²) in [5.74, 6) is -1.01. The van der Waals surface area contributed by atoms with Gasteiger partial charge in [-0.3, -0.25) is 0 Å². The van der Waals surface area contributed by atoms with E-state index in [4.69, 9.17) is 0 Å². The van der Waals surface area contributed by atoms with Gasteiger partial charge in [-0.25, -0.2) is 13.2 Å². The van der Waals surface area contributed by atoms with E-state index in [9.17, 15) is 4.39 Å². The van der Waals surface area contributed by atoms with Crippen LogP contribution in [0.1, 0.15) is 38.2 Å². The molecule has 0 nitrogen and oxygen atoms in total. The fraction of sp³-hybridized carbons (Fsp3) is 0.304. The molecule has 2 atom stereocenters. The van der Waals surface area contributed by atoms with Crippen molar-refractivity contribution in [2.75, 3.05) is 0 Å². The van der Waals surface area contributed by atoms with Crippen molar-refractivity contribution in [1.82, 2.24) is 0 Å². The molecule has 136 valence electrons. The highest BCUT2D eigenvalue weighted by atomic mass is 19.2. The summed E-state index contributed by atoms with van der Waals surface area (Å²) < 4.78 is 44.7. The summed E-state index contributed by atoms with van der Waals surface area (Å²) in [5.41, 5.74) is -0.0455. The van der Waals surface area contributed by atoms with Crippen molar-refractivity contribution in [3.05, 3.63) is 78.1 Å². The summed E-state index contributed by atoms with van der Waals surface area (Å²) in [7, 11) is 0. The Bertz CT molecular complexity index is 807. The van der Waals surface area contributed by atoms with Gasteiger partial charge in [0.05, 0.1) is 0 Å². The van der Waals surface area contributed by atoms with Gasteiger partial charge >= 0.3 is 0 Å². The van der Waals surface area contributed by atoms with Crippen LogP contribution in [0.3, 0.4) is 0 Å². The van der Waals surface area contributed by atoms with E-state index >= 15 is 8.78 Å². The Morgan fingerprint density at radius 1 is 0.885 bits per heavy atom. The van der Waals surface area contributed by atoms with Crippen LogP contribution in [0.15, 0.2) is 72.6 Å². The van der Waals surface area contributed by atoms with E-state index in [2.05, 4.69) is 0 Å². The zero-order chi connectivity index (χ0) is 18.6. The first-order valence-corrected chi connectivity index (χ1v) is 9.13. The molecule has 0 amide bonds. The standard InChI is InChI=1S/C23H23F3/c1-2-3-9-16-23(26)21(24)15-14-20(22(23)25)19-13-8-7-12-18(19)17-10-5-4-6-11-17/h4-8,10-15,22H,2-3,9,16H2,1H3. The molecule has 0 fully saturated rings. The smallest absolute Gasteiger partial charge is 0.197 e. The normalized spacial score (nSPS) is 22.7. The van der Waals surface area contributed by atoms with E-state index in [1.807, 2.05) is 49.4 Å². The van der Waals surface area contributed by atoms with Crippen LogP contribution >= 0.6 is 0 Å². The lowest BCUT2D eigenvalue weighted by molar-refractivity contribution is 0.0810. The quantitative estimate of drug-likeness (QED) is 0.479. The van der Waals surface area contributed by atoms with Gasteiger partial charge in [0, 0.05) is 0 Å². The van der Waals surface area contributed by atoms with Crippen molar-refractivity contribution in [2.45, 2.75) is 44.4 Å². The maximum Gasteiger partial charge on any atom is 0.197 e. The summed E-state index contributed by atoms with van der Waals surface area (Å²) in [6.45, 7) is 1.98. The van der Waals surface area contributed by atoms with E-state index < -0.39 is 17.7 Å². The zero-order valence-electron chi connectivity index (χ0n) is 14.9. The maximum absolute atomic E-state index is 15.3. The molecular formula is C23H23F3. The molecule has 2 aromatic rings. The van der Waals surface area contributed by atoms with Crippen LogP contribution < -0.4 is 0 Å². The van der Waals surface area contributed by atoms with Crippen molar-refractivity contribution in [3.63, 3.8) is 0 Å². The van der Waals surface area contributed by atoms with Crippen molar-refractivity contribution < 1.29 is 13.2 Å². The summed E-state index contributed by atoms with van der Waals surface area (Å²) in [5, 5.41) is 0. The zero-order valence-corrected chi connectivity index (χ0v) is 14.9. The van der Waals surface area contributed by atoms with Crippen LogP contribution in [-0.2, 0) is 0 Å². The highest BCUT2D eigenvalue weighted by Gasteiger charge is 2.47. The Hall–Kier alpha value is -2.29. The third-order valence-electron chi connectivity index (χ3n) is 4.95. The average Bonchev–Trinajstić information content (AvgIpc) is 2.68. The van der Waals surface area contributed by atoms with E-state index in [-0.39, 0.29) is 12.0 Å². The van der Waals surface area contributed by atoms with Crippen molar-refractivity contribution in [1.29, 1.82) is 0 Å². The van der Waals surface area contributed by atoms with Gasteiger partial charge in [0.15, 0.2) is 11.8 Å². The summed E-state index contributed by atoms with van der Waals surface area (Å²) >= 11 is 0. The molecule has 3 rings (SSSR count). The van der Waals surface area contributed by atoms with Gasteiger partial charge in [0.25, 0.3) is 0 Å². The van der Waals surface area contributed by atoms with Gasteiger partial charge in [-0.05, 0) is 41.2 Å². The largest absolute Gasteiger partial charge is 0.238 e. The number of allylic oxidation sites excluding steroid dienone is 4. The highest BCUT2D eigenvalue weighted by Crippen LogP contribution is 2.45. The van der Waals surface area contributed by atoms with Crippen molar-refractivity contribution >= 4 is 5.57 Å². The lowest BCUT2D eigenvalue weighted by atomic mass is 9.80. The Morgan fingerprint density at radius 2 is 1.54 bits per heavy atom. The molecule has 0 bridgehead atoms. The van der Waals surface area contributed by atoms with Gasteiger partial charge in [0.1, 0.15) is 5.83 Å². The van der Waals surface area contributed by atoms with Gasteiger partial charge in [-0.15, -0.1) is 0 Å². The number of alkyl halides is 2. The highest BCUT2D eigenvalue weighted by molar-refractivity contribution is 5.85. The molecule has 0 saturated heterocycles. The first-order valence-electron chi connectivity index (χ1n) is 9.13. The lowest BCUT2D eigenvalue weighted by Crippen LogP contribution is -2.38. The van der Waals surface area contributed by atoms with Crippen LogP contribution in [0.5, 0.6) is 0 Å². The second kappa shape index (κ2) is 7.94. The molecule has 26 heavy (non-hydrogen) atoms. The van der Waals surface area contributed by atoms with E-state index in [0.29, 0.717) is 12.0 Å². The molecule has 0 spiro atoms. The molecule has 3 heteroatoms. The molecule has 0 aliphatic heterocycles. The van der Waals surface area contributed by atoms with Gasteiger partial charge in [0.2, 0.25) is 0 Å². The molecule has 0 aromatic heterocycles. The lowest BCUT2D eigenvalue weighted by Gasteiger charge is -2.32.